The molecule has 1 aromatic heterocycles. The van der Waals surface area contributed by atoms with E-state index in [1.807, 2.05) is 19.1 Å². The maximum Gasteiger partial charge on any atom is 0.240 e. The summed E-state index contributed by atoms with van der Waals surface area (Å²) in [5.74, 6) is 0. The molecule has 1 heterocycles. The molecule has 0 bridgehead atoms. The van der Waals surface area contributed by atoms with E-state index in [4.69, 9.17) is 5.14 Å². The van der Waals surface area contributed by atoms with Crippen molar-refractivity contribution in [2.45, 2.75) is 18.7 Å². The third-order valence-corrected chi connectivity index (χ3v) is 3.61. The summed E-state index contributed by atoms with van der Waals surface area (Å²) < 4.78 is 23.0. The van der Waals surface area contributed by atoms with Gasteiger partial charge in [-0.2, -0.15) is 0 Å². The minimum atomic E-state index is -3.74. The Kier molecular flexibility index (Phi) is 2.44. The summed E-state index contributed by atoms with van der Waals surface area (Å²) in [6.45, 7) is 3.64. The lowest BCUT2D eigenvalue weighted by molar-refractivity contribution is 0.598. The molecule has 0 aliphatic rings. The first-order chi connectivity index (χ1) is 7.41. The largest absolute Gasteiger partial charge is 0.255 e. The summed E-state index contributed by atoms with van der Waals surface area (Å²) in [5, 5.41) is 6.02. The Bertz CT molecular complexity index is 663. The Morgan fingerprint density at radius 3 is 2.56 bits per heavy atom. The second kappa shape index (κ2) is 3.54. The van der Waals surface area contributed by atoms with E-state index in [0.29, 0.717) is 11.1 Å². The number of hydrogen-bond donors (Lipinski definition) is 1. The van der Waals surface area contributed by atoms with E-state index in [0.717, 1.165) is 10.9 Å². The fourth-order valence-corrected chi connectivity index (χ4v) is 2.86. The summed E-state index contributed by atoms with van der Waals surface area (Å²) in [6.07, 6.45) is 1.57. The number of rotatable bonds is 1. The summed E-state index contributed by atoms with van der Waals surface area (Å²) in [4.78, 5) is 4.23. The van der Waals surface area contributed by atoms with Crippen molar-refractivity contribution in [3.8, 4) is 0 Å². The number of hydrogen-bond acceptors (Lipinski definition) is 3. The van der Waals surface area contributed by atoms with E-state index in [-0.39, 0.29) is 4.90 Å². The van der Waals surface area contributed by atoms with E-state index in [2.05, 4.69) is 4.98 Å². The van der Waals surface area contributed by atoms with E-state index in [1.165, 1.54) is 0 Å². The molecule has 1 aromatic carbocycles. The van der Waals surface area contributed by atoms with Crippen LogP contribution in [0.5, 0.6) is 0 Å². The highest BCUT2D eigenvalue weighted by Gasteiger charge is 2.17. The van der Waals surface area contributed by atoms with Gasteiger partial charge in [0.15, 0.2) is 0 Å². The summed E-state index contributed by atoms with van der Waals surface area (Å²) in [6, 6.07) is 5.42. The van der Waals surface area contributed by atoms with Crippen LogP contribution in [-0.2, 0) is 10.0 Å². The number of nitrogens with two attached hydrogens (primary N) is 1. The number of aryl methyl sites for hydroxylation is 2. The summed E-state index contributed by atoms with van der Waals surface area (Å²) in [5.41, 5.74) is 2.07. The standard InChI is InChI=1S/C11H12N2O2S/c1-7-6-8(2)11(16(12,14)15)10-9(7)4-3-5-13-10/h3-6H,1-2H3,(H2,12,14,15). The van der Waals surface area contributed by atoms with Crippen LogP contribution in [0.1, 0.15) is 11.1 Å². The Hall–Kier alpha value is -1.46. The third kappa shape index (κ3) is 1.68. The van der Waals surface area contributed by atoms with Crippen molar-refractivity contribution in [3.63, 3.8) is 0 Å². The quantitative estimate of drug-likeness (QED) is 0.815. The Morgan fingerprint density at radius 1 is 1.25 bits per heavy atom. The van der Waals surface area contributed by atoms with Crippen LogP contribution in [0.3, 0.4) is 0 Å². The van der Waals surface area contributed by atoms with Crippen LogP contribution in [0, 0.1) is 13.8 Å². The zero-order chi connectivity index (χ0) is 11.9. The van der Waals surface area contributed by atoms with Crippen molar-refractivity contribution in [1.82, 2.24) is 4.98 Å². The maximum absolute atomic E-state index is 11.5. The van der Waals surface area contributed by atoms with Gasteiger partial charge in [-0.05, 0) is 31.0 Å². The van der Waals surface area contributed by atoms with Gasteiger partial charge in [-0.25, -0.2) is 13.6 Å². The molecule has 0 atom stereocenters. The molecule has 84 valence electrons. The molecule has 0 saturated heterocycles. The maximum atomic E-state index is 11.5. The van der Waals surface area contributed by atoms with E-state index in [1.54, 1.807) is 19.2 Å². The topological polar surface area (TPSA) is 73.0 Å². The minimum Gasteiger partial charge on any atom is -0.255 e. The number of benzene rings is 1. The van der Waals surface area contributed by atoms with Gasteiger partial charge in [0.25, 0.3) is 0 Å². The Balaban J connectivity index is 3.05. The highest BCUT2D eigenvalue weighted by molar-refractivity contribution is 7.89. The molecule has 0 spiro atoms. The number of nitrogens with zero attached hydrogens (tertiary/aromatic N) is 1. The molecule has 0 unspecified atom stereocenters. The second-order valence-electron chi connectivity index (χ2n) is 3.78. The zero-order valence-electron chi connectivity index (χ0n) is 9.06. The van der Waals surface area contributed by atoms with E-state index in [9.17, 15) is 8.42 Å². The number of sulfonamides is 1. The van der Waals surface area contributed by atoms with Crippen LogP contribution < -0.4 is 5.14 Å². The molecule has 2 rings (SSSR count). The molecular formula is C11H12N2O2S. The minimum absolute atomic E-state index is 0.119. The van der Waals surface area contributed by atoms with Crippen molar-refractivity contribution < 1.29 is 8.42 Å². The van der Waals surface area contributed by atoms with Gasteiger partial charge in [0.2, 0.25) is 10.0 Å². The zero-order valence-corrected chi connectivity index (χ0v) is 9.88. The molecule has 0 aliphatic carbocycles. The molecule has 2 N–H and O–H groups in total. The fourth-order valence-electron chi connectivity index (χ4n) is 1.92. The molecule has 4 nitrogen and oxygen atoms in total. The predicted molar refractivity (Wildman–Crippen MR) is 62.6 cm³/mol. The van der Waals surface area contributed by atoms with Gasteiger partial charge in [0, 0.05) is 11.6 Å². The number of pyridine rings is 1. The molecule has 0 amide bonds. The number of primary sulfonamides is 1. The Morgan fingerprint density at radius 2 is 1.94 bits per heavy atom. The molecule has 0 aliphatic heterocycles. The van der Waals surface area contributed by atoms with Gasteiger partial charge < -0.3 is 0 Å². The molecular weight excluding hydrogens is 224 g/mol. The van der Waals surface area contributed by atoms with Crippen molar-refractivity contribution in [2.24, 2.45) is 5.14 Å². The second-order valence-corrected chi connectivity index (χ2v) is 5.28. The van der Waals surface area contributed by atoms with Gasteiger partial charge >= 0.3 is 0 Å². The van der Waals surface area contributed by atoms with E-state index < -0.39 is 10.0 Å². The summed E-state index contributed by atoms with van der Waals surface area (Å²) in [7, 11) is -3.74. The smallest absolute Gasteiger partial charge is 0.240 e. The molecule has 0 fully saturated rings. The average Bonchev–Trinajstić information content (AvgIpc) is 2.15. The van der Waals surface area contributed by atoms with Crippen molar-refractivity contribution in [2.75, 3.05) is 0 Å². The van der Waals surface area contributed by atoms with Gasteiger partial charge in [-0.1, -0.05) is 12.1 Å². The highest BCUT2D eigenvalue weighted by Crippen LogP contribution is 2.26. The monoisotopic (exact) mass is 236 g/mol. The normalized spacial score (nSPS) is 11.9. The van der Waals surface area contributed by atoms with E-state index >= 15 is 0 Å². The van der Waals surface area contributed by atoms with Crippen LogP contribution in [-0.4, -0.2) is 13.4 Å². The lowest BCUT2D eigenvalue weighted by atomic mass is 10.1. The Labute approximate surface area is 94.2 Å². The fraction of sp³-hybridized carbons (Fsp3) is 0.182. The first kappa shape index (κ1) is 11.0. The predicted octanol–water partition coefficient (Wildman–Crippen LogP) is 1.50. The van der Waals surface area contributed by atoms with Crippen molar-refractivity contribution in [3.05, 3.63) is 35.5 Å². The van der Waals surface area contributed by atoms with Crippen molar-refractivity contribution in [1.29, 1.82) is 0 Å². The van der Waals surface area contributed by atoms with Crippen LogP contribution in [0.2, 0.25) is 0 Å². The average molecular weight is 236 g/mol. The summed E-state index contributed by atoms with van der Waals surface area (Å²) >= 11 is 0. The van der Waals surface area contributed by atoms with Gasteiger partial charge in [-0.15, -0.1) is 0 Å². The van der Waals surface area contributed by atoms with Crippen LogP contribution in [0.4, 0.5) is 0 Å². The third-order valence-electron chi connectivity index (χ3n) is 2.52. The van der Waals surface area contributed by atoms with Gasteiger partial charge in [0.1, 0.15) is 4.90 Å². The first-order valence-corrected chi connectivity index (χ1v) is 6.33. The van der Waals surface area contributed by atoms with Gasteiger partial charge in [-0.3, -0.25) is 4.98 Å². The number of aromatic nitrogens is 1. The molecule has 5 heteroatoms. The van der Waals surface area contributed by atoms with Gasteiger partial charge in [0.05, 0.1) is 5.52 Å². The van der Waals surface area contributed by atoms with Crippen LogP contribution in [0.15, 0.2) is 29.3 Å². The SMILES string of the molecule is Cc1cc(C)c2cccnc2c1S(N)(=O)=O. The van der Waals surface area contributed by atoms with Crippen LogP contribution in [0.25, 0.3) is 10.9 Å². The lowest BCUT2D eigenvalue weighted by Gasteiger charge is -2.09. The molecule has 2 aromatic rings. The van der Waals surface area contributed by atoms with Crippen LogP contribution >= 0.6 is 0 Å². The lowest BCUT2D eigenvalue weighted by Crippen LogP contribution is -2.15. The van der Waals surface area contributed by atoms with Crippen molar-refractivity contribution >= 4 is 20.9 Å². The number of fused-ring (bicyclic) bond motifs is 1. The first-order valence-electron chi connectivity index (χ1n) is 4.79. The molecule has 0 saturated carbocycles. The highest BCUT2D eigenvalue weighted by atomic mass is 32.2. The molecule has 0 radical (unpaired) electrons. The molecule has 16 heavy (non-hydrogen) atoms.